The number of hydrogen-bond acceptors (Lipinski definition) is 6. The van der Waals surface area contributed by atoms with E-state index >= 15 is 0 Å². The molecule has 2 aromatic carbocycles. The van der Waals surface area contributed by atoms with E-state index in [1.807, 2.05) is 13.0 Å². The number of hydrogen-bond donors (Lipinski definition) is 3. The van der Waals surface area contributed by atoms with Crippen molar-refractivity contribution < 1.29 is 17.7 Å². The molecule has 1 heterocycles. The van der Waals surface area contributed by atoms with Crippen molar-refractivity contribution in [3.63, 3.8) is 0 Å². The number of nitrogens with one attached hydrogen (secondary N) is 2. The molecule has 0 fully saturated rings. The number of aromatic amines is 1. The molecule has 0 saturated heterocycles. The molecule has 1 aromatic heterocycles. The van der Waals surface area contributed by atoms with Crippen LogP contribution < -0.4 is 10.6 Å². The van der Waals surface area contributed by atoms with Gasteiger partial charge in [0.1, 0.15) is 0 Å². The minimum absolute atomic E-state index is 0.130. The number of halogens is 1. The van der Waals surface area contributed by atoms with E-state index in [-0.39, 0.29) is 4.90 Å². The zero-order valence-corrected chi connectivity index (χ0v) is 16.2. The first-order valence-corrected chi connectivity index (χ1v) is 10.0. The molecule has 7 nitrogen and oxygen atoms in total. The highest BCUT2D eigenvalue weighted by Crippen LogP contribution is 2.32. The average molecular weight is 444 g/mol. The molecule has 0 spiro atoms. The van der Waals surface area contributed by atoms with Crippen LogP contribution in [-0.4, -0.2) is 13.4 Å². The van der Waals surface area contributed by atoms with Crippen LogP contribution in [0.1, 0.15) is 5.56 Å². The quantitative estimate of drug-likeness (QED) is 0.303. The highest BCUT2D eigenvalue weighted by atomic mass is 79.9. The van der Waals surface area contributed by atoms with Crippen LogP contribution in [0.5, 0.6) is 0 Å². The van der Waals surface area contributed by atoms with Gasteiger partial charge in [-0.05, 0) is 64.8 Å². The Labute approximate surface area is 157 Å². The smallest absolute Gasteiger partial charge is 0.261 e. The van der Waals surface area contributed by atoms with Gasteiger partial charge in [-0.15, -0.1) is 9.32 Å². The predicted octanol–water partition coefficient (Wildman–Crippen LogP) is 3.87. The second-order valence-corrected chi connectivity index (χ2v) is 8.51. The molecule has 0 unspecified atom stereocenters. The molecular formula is C15H14BrN3O4S2. The van der Waals surface area contributed by atoms with Crippen molar-refractivity contribution in [1.29, 1.82) is 0 Å². The van der Waals surface area contributed by atoms with Gasteiger partial charge in [0, 0.05) is 21.0 Å². The van der Waals surface area contributed by atoms with Crippen molar-refractivity contribution in [2.45, 2.75) is 16.7 Å². The molecule has 10 heteroatoms. The van der Waals surface area contributed by atoms with Gasteiger partial charge in [0.15, 0.2) is 0 Å². The molecule has 0 aliphatic rings. The summed E-state index contributed by atoms with van der Waals surface area (Å²) in [5.41, 5.74) is 2.14. The zero-order chi connectivity index (χ0) is 18.0. The molecule has 0 aliphatic carbocycles. The maximum atomic E-state index is 12.7. The number of aryl methyl sites for hydroxylation is 1. The van der Waals surface area contributed by atoms with Gasteiger partial charge in [0.05, 0.1) is 28.1 Å². The fourth-order valence-corrected chi connectivity index (χ4v) is 4.22. The van der Waals surface area contributed by atoms with Crippen LogP contribution in [0.15, 0.2) is 56.9 Å². The molecule has 0 aliphatic heterocycles. The molecule has 25 heavy (non-hydrogen) atoms. The Bertz CT molecular complexity index is 1000. The second kappa shape index (κ2) is 7.36. The minimum Gasteiger partial charge on any atom is -0.358 e. The monoisotopic (exact) mass is 443 g/mol. The lowest BCUT2D eigenvalue weighted by molar-refractivity contribution is -0.195. The summed E-state index contributed by atoms with van der Waals surface area (Å²) >= 11 is 4.32. The summed E-state index contributed by atoms with van der Waals surface area (Å²) < 4.78 is 33.4. The maximum absolute atomic E-state index is 12.7. The molecule has 4 N–H and O–H groups in total. The van der Waals surface area contributed by atoms with Gasteiger partial charge in [0.2, 0.25) is 0 Å². The largest absolute Gasteiger partial charge is 0.358 e. The lowest BCUT2D eigenvalue weighted by Gasteiger charge is -2.11. The Hall–Kier alpha value is -1.56. The van der Waals surface area contributed by atoms with Gasteiger partial charge < -0.3 is 4.98 Å². The third-order valence-electron chi connectivity index (χ3n) is 3.43. The Morgan fingerprint density at radius 1 is 1.24 bits per heavy atom. The van der Waals surface area contributed by atoms with Crippen molar-refractivity contribution >= 4 is 54.6 Å². The Morgan fingerprint density at radius 2 is 1.96 bits per heavy atom. The van der Waals surface area contributed by atoms with E-state index in [4.69, 9.17) is 5.90 Å². The molecule has 3 rings (SSSR count). The molecule has 0 bridgehead atoms. The first-order chi connectivity index (χ1) is 11.9. The first kappa shape index (κ1) is 18.2. The van der Waals surface area contributed by atoms with Crippen LogP contribution in [0.4, 0.5) is 5.69 Å². The first-order valence-electron chi connectivity index (χ1n) is 7.01. The number of rotatable bonds is 6. The third kappa shape index (κ3) is 4.00. The zero-order valence-electron chi connectivity index (χ0n) is 12.9. The van der Waals surface area contributed by atoms with E-state index in [0.717, 1.165) is 27.5 Å². The predicted molar refractivity (Wildman–Crippen MR) is 100 cm³/mol. The van der Waals surface area contributed by atoms with E-state index in [0.29, 0.717) is 16.1 Å². The van der Waals surface area contributed by atoms with Crippen LogP contribution >= 0.6 is 28.0 Å². The highest BCUT2D eigenvalue weighted by Gasteiger charge is 2.17. The molecule has 0 saturated carbocycles. The number of benzene rings is 2. The van der Waals surface area contributed by atoms with E-state index in [9.17, 15) is 8.42 Å². The Balaban J connectivity index is 1.91. The van der Waals surface area contributed by atoms with Crippen molar-refractivity contribution in [2.75, 3.05) is 4.72 Å². The molecular weight excluding hydrogens is 430 g/mol. The van der Waals surface area contributed by atoms with E-state index < -0.39 is 10.0 Å². The van der Waals surface area contributed by atoms with Crippen LogP contribution in [0.2, 0.25) is 0 Å². The summed E-state index contributed by atoms with van der Waals surface area (Å²) in [6, 6.07) is 9.88. The normalized spacial score (nSPS) is 11.8. The summed E-state index contributed by atoms with van der Waals surface area (Å²) in [4.78, 5) is 7.85. The van der Waals surface area contributed by atoms with Crippen LogP contribution in [-0.2, 0) is 19.3 Å². The molecule has 0 radical (unpaired) electrons. The maximum Gasteiger partial charge on any atom is 0.261 e. The van der Waals surface area contributed by atoms with Crippen LogP contribution in [0.25, 0.3) is 10.9 Å². The van der Waals surface area contributed by atoms with Gasteiger partial charge in [-0.3, -0.25) is 4.72 Å². The number of anilines is 1. The highest BCUT2D eigenvalue weighted by molar-refractivity contribution is 9.10. The number of sulfonamides is 1. The summed E-state index contributed by atoms with van der Waals surface area (Å²) in [6.45, 7) is 1.90. The van der Waals surface area contributed by atoms with Crippen LogP contribution in [0, 0.1) is 6.92 Å². The number of aromatic nitrogens is 1. The van der Waals surface area contributed by atoms with Gasteiger partial charge in [-0.2, -0.15) is 5.90 Å². The third-order valence-corrected chi connectivity index (χ3v) is 6.08. The molecule has 0 amide bonds. The van der Waals surface area contributed by atoms with E-state index in [2.05, 4.69) is 35.0 Å². The van der Waals surface area contributed by atoms with Gasteiger partial charge >= 0.3 is 0 Å². The van der Waals surface area contributed by atoms with Gasteiger partial charge in [-0.1, -0.05) is 0 Å². The van der Waals surface area contributed by atoms with Gasteiger partial charge in [0.25, 0.3) is 10.0 Å². The number of fused-ring (bicyclic) bond motifs is 1. The second-order valence-electron chi connectivity index (χ2n) is 5.20. The lowest BCUT2D eigenvalue weighted by atomic mass is 10.1. The Morgan fingerprint density at radius 3 is 2.64 bits per heavy atom. The summed E-state index contributed by atoms with van der Waals surface area (Å²) in [5, 5.41) is 0.906. The van der Waals surface area contributed by atoms with Crippen molar-refractivity contribution in [1.82, 2.24) is 4.98 Å². The van der Waals surface area contributed by atoms with Gasteiger partial charge in [-0.25, -0.2) is 8.42 Å². The fourth-order valence-electron chi connectivity index (χ4n) is 2.36. The minimum atomic E-state index is -3.74. The number of H-pyrrole nitrogens is 1. The number of nitrogens with two attached hydrogens (primary N) is 1. The van der Waals surface area contributed by atoms with Crippen molar-refractivity contribution in [2.24, 2.45) is 5.90 Å². The summed E-state index contributed by atoms with van der Waals surface area (Å²) in [5.74, 6) is 4.77. The van der Waals surface area contributed by atoms with E-state index in [1.54, 1.807) is 24.4 Å². The molecule has 132 valence electrons. The molecule has 3 aromatic rings. The average Bonchev–Trinajstić information content (AvgIpc) is 2.94. The summed E-state index contributed by atoms with van der Waals surface area (Å²) in [7, 11) is -3.74. The molecule has 0 atom stereocenters. The summed E-state index contributed by atoms with van der Waals surface area (Å²) in [6.07, 6.45) is 1.77. The fraction of sp³-hybridized carbons (Fsp3) is 0.0667. The topological polar surface area (TPSA) is 106 Å². The lowest BCUT2D eigenvalue weighted by Crippen LogP contribution is -2.13. The van der Waals surface area contributed by atoms with Crippen molar-refractivity contribution in [3.8, 4) is 0 Å². The Kier molecular flexibility index (Phi) is 5.37. The SMILES string of the molecule is Cc1cc(NS(=O)(=O)c2ccc(SOON)cc2)c2[nH]cc(Br)c2c1. The standard InChI is InChI=1S/C15H14BrN3O4S2/c1-9-6-12-13(16)8-18-15(12)14(7-9)19-25(20,21)11-4-2-10(3-5-11)24-23-22-17/h2-8,18-19H,17H2,1H3. The van der Waals surface area contributed by atoms with Crippen LogP contribution in [0.3, 0.4) is 0 Å². The van der Waals surface area contributed by atoms with Crippen molar-refractivity contribution in [3.05, 3.63) is 52.6 Å². The van der Waals surface area contributed by atoms with E-state index in [1.165, 1.54) is 12.1 Å².